The zero-order valence-corrected chi connectivity index (χ0v) is 14.9. The number of carbonyl (C=O) groups is 1. The molecule has 0 aliphatic carbocycles. The highest BCUT2D eigenvalue weighted by Crippen LogP contribution is 2.32. The Morgan fingerprint density at radius 2 is 1.68 bits per heavy atom. The van der Waals surface area contributed by atoms with Gasteiger partial charge >= 0.3 is 0 Å². The molecule has 0 spiro atoms. The lowest BCUT2D eigenvalue weighted by Gasteiger charge is -2.17. The molecule has 2 aromatic carbocycles. The SMILES string of the molecule is CN(C(=O)c1cncc(Nc2c(Cl)cccc2Cl)c1)c1ccccc1. The summed E-state index contributed by atoms with van der Waals surface area (Å²) in [6.45, 7) is 0. The van der Waals surface area contributed by atoms with Gasteiger partial charge in [-0.25, -0.2) is 0 Å². The Bertz CT molecular complexity index is 880. The summed E-state index contributed by atoms with van der Waals surface area (Å²) in [4.78, 5) is 18.4. The van der Waals surface area contributed by atoms with Gasteiger partial charge in [0.1, 0.15) is 0 Å². The molecule has 0 saturated carbocycles. The van der Waals surface area contributed by atoms with Crippen LogP contribution in [0.5, 0.6) is 0 Å². The van der Waals surface area contributed by atoms with E-state index in [1.165, 1.54) is 6.20 Å². The van der Waals surface area contributed by atoms with Gasteiger partial charge in [-0.2, -0.15) is 0 Å². The van der Waals surface area contributed by atoms with Crippen molar-refractivity contribution >= 4 is 46.2 Å². The van der Waals surface area contributed by atoms with Crippen molar-refractivity contribution in [2.45, 2.75) is 0 Å². The second-order valence-corrected chi connectivity index (χ2v) is 6.20. The summed E-state index contributed by atoms with van der Waals surface area (Å²) < 4.78 is 0. The highest BCUT2D eigenvalue weighted by molar-refractivity contribution is 6.39. The number of aromatic nitrogens is 1. The van der Waals surface area contributed by atoms with Crippen molar-refractivity contribution in [2.24, 2.45) is 0 Å². The van der Waals surface area contributed by atoms with Crippen molar-refractivity contribution in [3.8, 4) is 0 Å². The van der Waals surface area contributed by atoms with Crippen LogP contribution in [0.2, 0.25) is 10.0 Å². The molecule has 3 aromatic rings. The Labute approximate surface area is 156 Å². The maximum Gasteiger partial charge on any atom is 0.259 e. The van der Waals surface area contributed by atoms with Crippen molar-refractivity contribution in [1.82, 2.24) is 4.98 Å². The molecule has 0 radical (unpaired) electrons. The first kappa shape index (κ1) is 17.3. The van der Waals surface area contributed by atoms with Gasteiger partial charge in [0.15, 0.2) is 0 Å². The number of benzene rings is 2. The summed E-state index contributed by atoms with van der Waals surface area (Å²) >= 11 is 12.3. The molecule has 4 nitrogen and oxygen atoms in total. The van der Waals surface area contributed by atoms with Crippen molar-refractivity contribution in [1.29, 1.82) is 0 Å². The molecule has 0 bridgehead atoms. The largest absolute Gasteiger partial charge is 0.352 e. The van der Waals surface area contributed by atoms with Crippen molar-refractivity contribution in [3.63, 3.8) is 0 Å². The van der Waals surface area contributed by atoms with E-state index in [2.05, 4.69) is 10.3 Å². The molecular formula is C19H15Cl2N3O. The lowest BCUT2D eigenvalue weighted by atomic mass is 10.2. The van der Waals surface area contributed by atoms with E-state index in [-0.39, 0.29) is 5.91 Å². The second kappa shape index (κ2) is 7.55. The fourth-order valence-corrected chi connectivity index (χ4v) is 2.84. The highest BCUT2D eigenvalue weighted by atomic mass is 35.5. The molecule has 1 heterocycles. The van der Waals surface area contributed by atoms with Crippen molar-refractivity contribution in [3.05, 3.63) is 82.6 Å². The fraction of sp³-hybridized carbons (Fsp3) is 0.0526. The van der Waals surface area contributed by atoms with Gasteiger partial charge < -0.3 is 10.2 Å². The molecule has 3 rings (SSSR count). The zero-order chi connectivity index (χ0) is 17.8. The number of pyridine rings is 1. The molecule has 0 saturated heterocycles. The summed E-state index contributed by atoms with van der Waals surface area (Å²) in [6, 6.07) is 16.4. The normalized spacial score (nSPS) is 10.4. The number of carbonyl (C=O) groups excluding carboxylic acids is 1. The van der Waals surface area contributed by atoms with Gasteiger partial charge in [-0.1, -0.05) is 47.5 Å². The van der Waals surface area contributed by atoms with Crippen LogP contribution in [0.1, 0.15) is 10.4 Å². The van der Waals surface area contributed by atoms with Crippen LogP contribution < -0.4 is 10.2 Å². The van der Waals surface area contributed by atoms with Crippen LogP contribution in [0.3, 0.4) is 0 Å². The summed E-state index contributed by atoms with van der Waals surface area (Å²) in [5.74, 6) is -0.160. The van der Waals surface area contributed by atoms with Crippen LogP contribution >= 0.6 is 23.2 Å². The van der Waals surface area contributed by atoms with E-state index in [1.54, 1.807) is 42.4 Å². The first-order valence-electron chi connectivity index (χ1n) is 7.55. The standard InChI is InChI=1S/C19H15Cl2N3O/c1-24(15-6-3-2-4-7-15)19(25)13-10-14(12-22-11-13)23-18-16(20)8-5-9-17(18)21/h2-12,23H,1H3. The Balaban J connectivity index is 1.85. The van der Waals surface area contributed by atoms with Crippen molar-refractivity contribution in [2.75, 3.05) is 17.3 Å². The Hall–Kier alpha value is -2.56. The number of hydrogen-bond acceptors (Lipinski definition) is 3. The molecule has 1 N–H and O–H groups in total. The predicted octanol–water partition coefficient (Wildman–Crippen LogP) is 5.41. The topological polar surface area (TPSA) is 45.2 Å². The minimum Gasteiger partial charge on any atom is -0.352 e. The summed E-state index contributed by atoms with van der Waals surface area (Å²) in [6.07, 6.45) is 3.14. The van der Waals surface area contributed by atoms with Gasteiger partial charge in [-0.05, 0) is 30.3 Å². The monoisotopic (exact) mass is 371 g/mol. The molecule has 0 unspecified atom stereocenters. The van der Waals surface area contributed by atoms with E-state index in [4.69, 9.17) is 23.2 Å². The quantitative estimate of drug-likeness (QED) is 0.666. The smallest absolute Gasteiger partial charge is 0.259 e. The fourth-order valence-electron chi connectivity index (χ4n) is 2.35. The lowest BCUT2D eigenvalue weighted by molar-refractivity contribution is 0.0992. The van der Waals surface area contributed by atoms with E-state index in [0.717, 1.165) is 5.69 Å². The van der Waals surface area contributed by atoms with Crippen LogP contribution in [0.15, 0.2) is 67.0 Å². The van der Waals surface area contributed by atoms with Gasteiger partial charge in [0.2, 0.25) is 0 Å². The molecule has 25 heavy (non-hydrogen) atoms. The van der Waals surface area contributed by atoms with Crippen LogP contribution in [-0.2, 0) is 0 Å². The third-order valence-electron chi connectivity index (χ3n) is 3.67. The summed E-state index contributed by atoms with van der Waals surface area (Å²) in [5, 5.41) is 4.10. The number of rotatable bonds is 4. The Morgan fingerprint density at radius 3 is 2.36 bits per heavy atom. The Kier molecular flexibility index (Phi) is 5.22. The average molecular weight is 372 g/mol. The number of amides is 1. The third-order valence-corrected chi connectivity index (χ3v) is 4.30. The van der Waals surface area contributed by atoms with E-state index >= 15 is 0 Å². The first-order chi connectivity index (χ1) is 12.1. The average Bonchev–Trinajstić information content (AvgIpc) is 2.64. The number of halogens is 2. The van der Waals surface area contributed by atoms with E-state index in [9.17, 15) is 4.79 Å². The molecule has 1 amide bonds. The zero-order valence-electron chi connectivity index (χ0n) is 13.4. The molecule has 0 atom stereocenters. The summed E-state index contributed by atoms with van der Waals surface area (Å²) in [7, 11) is 1.72. The number of anilines is 3. The van der Waals surface area contributed by atoms with Gasteiger partial charge in [-0.15, -0.1) is 0 Å². The molecule has 0 fully saturated rings. The maximum absolute atomic E-state index is 12.7. The van der Waals surface area contributed by atoms with Crippen LogP contribution in [0, 0.1) is 0 Å². The first-order valence-corrected chi connectivity index (χ1v) is 8.31. The number of nitrogens with zero attached hydrogens (tertiary/aromatic N) is 2. The van der Waals surface area contributed by atoms with Gasteiger partial charge in [0.05, 0.1) is 33.2 Å². The lowest BCUT2D eigenvalue weighted by Crippen LogP contribution is -2.26. The number of nitrogens with one attached hydrogen (secondary N) is 1. The molecule has 126 valence electrons. The highest BCUT2D eigenvalue weighted by Gasteiger charge is 2.15. The number of para-hydroxylation sites is 2. The molecule has 0 aliphatic rings. The van der Waals surface area contributed by atoms with Gasteiger partial charge in [0.25, 0.3) is 5.91 Å². The van der Waals surface area contributed by atoms with Crippen LogP contribution in [-0.4, -0.2) is 17.9 Å². The van der Waals surface area contributed by atoms with Crippen molar-refractivity contribution < 1.29 is 4.79 Å². The molecule has 6 heteroatoms. The maximum atomic E-state index is 12.7. The van der Waals surface area contributed by atoms with Crippen LogP contribution in [0.4, 0.5) is 17.1 Å². The molecular weight excluding hydrogens is 357 g/mol. The Morgan fingerprint density at radius 1 is 1.00 bits per heavy atom. The van der Waals surface area contributed by atoms with E-state index in [0.29, 0.717) is 27.0 Å². The summed E-state index contributed by atoms with van der Waals surface area (Å²) in [5.41, 5.74) is 2.47. The minimum atomic E-state index is -0.160. The van der Waals surface area contributed by atoms with Crippen LogP contribution in [0.25, 0.3) is 0 Å². The molecule has 0 aliphatic heterocycles. The van der Waals surface area contributed by atoms with E-state index in [1.807, 2.05) is 30.3 Å². The third kappa shape index (κ3) is 3.92. The van der Waals surface area contributed by atoms with E-state index < -0.39 is 0 Å². The number of hydrogen-bond donors (Lipinski definition) is 1. The minimum absolute atomic E-state index is 0.160. The molecule has 1 aromatic heterocycles. The predicted molar refractivity (Wildman–Crippen MR) is 103 cm³/mol. The second-order valence-electron chi connectivity index (χ2n) is 5.38. The van der Waals surface area contributed by atoms with Gasteiger partial charge in [-0.3, -0.25) is 9.78 Å². The van der Waals surface area contributed by atoms with Gasteiger partial charge in [0, 0.05) is 18.9 Å².